The smallest absolute Gasteiger partial charge is 0.286 e. The zero-order chi connectivity index (χ0) is 13.8. The average Bonchev–Trinajstić information content (AvgIpc) is 2.34. The zero-order valence-electron chi connectivity index (χ0n) is 11.4. The molecule has 0 radical (unpaired) electrons. The van der Waals surface area contributed by atoms with E-state index in [2.05, 4.69) is 27.4 Å². The van der Waals surface area contributed by atoms with Crippen molar-refractivity contribution in [3.63, 3.8) is 0 Å². The zero-order valence-corrected chi connectivity index (χ0v) is 11.4. The highest BCUT2D eigenvalue weighted by molar-refractivity contribution is 5.87. The Labute approximate surface area is 108 Å². The van der Waals surface area contributed by atoms with Crippen LogP contribution in [0.1, 0.15) is 39.7 Å². The summed E-state index contributed by atoms with van der Waals surface area (Å²) >= 11 is 0. The minimum absolute atomic E-state index is 0.0786. The van der Waals surface area contributed by atoms with E-state index in [0.717, 1.165) is 5.56 Å². The van der Waals surface area contributed by atoms with E-state index in [-0.39, 0.29) is 5.41 Å². The van der Waals surface area contributed by atoms with E-state index >= 15 is 0 Å². The topological polar surface area (TPSA) is 35.5 Å². The molecule has 0 saturated heterocycles. The van der Waals surface area contributed by atoms with Crippen molar-refractivity contribution in [3.8, 4) is 5.75 Å². The van der Waals surface area contributed by atoms with Crippen LogP contribution in [0.25, 0.3) is 0 Å². The molecule has 0 aliphatic rings. The van der Waals surface area contributed by atoms with Crippen molar-refractivity contribution in [2.24, 2.45) is 0 Å². The molecule has 0 saturated carbocycles. The minimum Gasteiger partial charge on any atom is -0.286 e. The van der Waals surface area contributed by atoms with Crippen LogP contribution in [-0.2, 0) is 15.1 Å². The van der Waals surface area contributed by atoms with Gasteiger partial charge in [-0.1, -0.05) is 52.5 Å². The van der Waals surface area contributed by atoms with Gasteiger partial charge in [-0.15, -0.1) is 0 Å². The Hall–Kier alpha value is -1.77. The Morgan fingerprint density at radius 2 is 1.89 bits per heavy atom. The number of carbonyl (C=O) groups is 1. The van der Waals surface area contributed by atoms with Gasteiger partial charge in [-0.3, -0.25) is 4.89 Å². The summed E-state index contributed by atoms with van der Waals surface area (Å²) in [6.07, 6.45) is 0.545. The second-order valence-electron chi connectivity index (χ2n) is 5.16. The molecule has 18 heavy (non-hydrogen) atoms. The Morgan fingerprint density at radius 1 is 1.28 bits per heavy atom. The summed E-state index contributed by atoms with van der Waals surface area (Å²) < 4.78 is 0. The summed E-state index contributed by atoms with van der Waals surface area (Å²) in [5, 5.41) is 0. The highest BCUT2D eigenvalue weighted by Gasteiger charge is 2.20. The highest BCUT2D eigenvalue weighted by atomic mass is 17.2. The van der Waals surface area contributed by atoms with Gasteiger partial charge in [0, 0.05) is 11.1 Å². The second-order valence-corrected chi connectivity index (χ2v) is 5.16. The molecule has 0 aromatic heterocycles. The molecule has 1 rings (SSSR count). The van der Waals surface area contributed by atoms with Gasteiger partial charge in [0.15, 0.2) is 5.75 Å². The van der Waals surface area contributed by atoms with Gasteiger partial charge in [0.1, 0.15) is 0 Å². The molecule has 0 amide bonds. The lowest BCUT2D eigenvalue weighted by Crippen LogP contribution is -2.15. The number of hydrogen-bond acceptors (Lipinski definition) is 3. The summed E-state index contributed by atoms with van der Waals surface area (Å²) in [6.45, 7) is 11.7. The molecule has 0 fully saturated rings. The average molecular weight is 248 g/mol. The van der Waals surface area contributed by atoms with Gasteiger partial charge in [0.25, 0.3) is 0 Å². The fraction of sp³-hybridized carbons (Fsp3) is 0.400. The van der Waals surface area contributed by atoms with Crippen LogP contribution in [0, 0.1) is 0 Å². The quantitative estimate of drug-likeness (QED) is 0.462. The van der Waals surface area contributed by atoms with E-state index in [1.165, 1.54) is 0 Å². The Bertz CT molecular complexity index is 441. The lowest BCUT2D eigenvalue weighted by Gasteiger charge is -2.21. The van der Waals surface area contributed by atoms with E-state index in [1.54, 1.807) is 6.07 Å². The van der Waals surface area contributed by atoms with E-state index in [1.807, 2.05) is 25.1 Å². The first-order chi connectivity index (χ1) is 8.36. The predicted octanol–water partition coefficient (Wildman–Crippen LogP) is 3.79. The standard InChI is InChI=1S/C15H20O3/c1-6-11(2)14(16)18-17-13-10-8-7-9-12(13)15(3,4)5/h7-10H,2,6H2,1,3-5H3. The van der Waals surface area contributed by atoms with Gasteiger partial charge in [-0.05, 0) is 17.9 Å². The molecule has 0 atom stereocenters. The molecule has 0 unspecified atom stereocenters. The molecule has 3 heteroatoms. The lowest BCUT2D eigenvalue weighted by molar-refractivity contribution is -0.209. The van der Waals surface area contributed by atoms with Crippen LogP contribution >= 0.6 is 0 Å². The van der Waals surface area contributed by atoms with Crippen LogP contribution in [-0.4, -0.2) is 5.97 Å². The summed E-state index contributed by atoms with van der Waals surface area (Å²) in [7, 11) is 0. The number of rotatable bonds is 4. The fourth-order valence-electron chi connectivity index (χ4n) is 1.44. The Morgan fingerprint density at radius 3 is 2.44 bits per heavy atom. The van der Waals surface area contributed by atoms with Gasteiger partial charge in [-0.2, -0.15) is 0 Å². The maximum atomic E-state index is 11.5. The van der Waals surface area contributed by atoms with Gasteiger partial charge in [0.05, 0.1) is 0 Å². The van der Waals surface area contributed by atoms with Crippen molar-refractivity contribution >= 4 is 5.97 Å². The fourth-order valence-corrected chi connectivity index (χ4v) is 1.44. The monoisotopic (exact) mass is 248 g/mol. The molecule has 0 aliphatic heterocycles. The molecule has 0 aliphatic carbocycles. The first-order valence-electron chi connectivity index (χ1n) is 6.02. The largest absolute Gasteiger partial charge is 0.381 e. The van der Waals surface area contributed by atoms with Gasteiger partial charge >= 0.3 is 5.97 Å². The van der Waals surface area contributed by atoms with E-state index in [4.69, 9.17) is 9.78 Å². The van der Waals surface area contributed by atoms with E-state index in [9.17, 15) is 4.79 Å². The SMILES string of the molecule is C=C(CC)C(=O)OOc1ccccc1C(C)(C)C. The normalized spacial score (nSPS) is 10.9. The van der Waals surface area contributed by atoms with Crippen LogP contribution in [0.3, 0.4) is 0 Å². The third kappa shape index (κ3) is 3.62. The third-order valence-corrected chi connectivity index (χ3v) is 2.62. The first-order valence-corrected chi connectivity index (χ1v) is 6.02. The highest BCUT2D eigenvalue weighted by Crippen LogP contribution is 2.31. The maximum absolute atomic E-state index is 11.5. The van der Waals surface area contributed by atoms with Crippen molar-refractivity contribution in [1.29, 1.82) is 0 Å². The molecule has 0 N–H and O–H groups in total. The maximum Gasteiger partial charge on any atom is 0.381 e. The number of carbonyl (C=O) groups excluding carboxylic acids is 1. The molecule has 98 valence electrons. The molecule has 1 aromatic carbocycles. The van der Waals surface area contributed by atoms with Crippen molar-refractivity contribution in [2.75, 3.05) is 0 Å². The Kier molecular flexibility index (Phi) is 4.54. The van der Waals surface area contributed by atoms with Crippen LogP contribution in [0.15, 0.2) is 36.4 Å². The molecule has 0 heterocycles. The van der Waals surface area contributed by atoms with Crippen LogP contribution < -0.4 is 4.89 Å². The molecule has 3 nitrogen and oxygen atoms in total. The summed E-state index contributed by atoms with van der Waals surface area (Å²) in [6, 6.07) is 7.51. The van der Waals surface area contributed by atoms with Crippen molar-refractivity contribution in [2.45, 2.75) is 39.5 Å². The van der Waals surface area contributed by atoms with Crippen molar-refractivity contribution < 1.29 is 14.6 Å². The van der Waals surface area contributed by atoms with E-state index in [0.29, 0.717) is 17.7 Å². The number of hydrogen-bond donors (Lipinski definition) is 0. The molecule has 0 spiro atoms. The lowest BCUT2D eigenvalue weighted by atomic mass is 9.86. The third-order valence-electron chi connectivity index (χ3n) is 2.62. The Balaban J connectivity index is 2.80. The first kappa shape index (κ1) is 14.3. The molecular formula is C15H20O3. The minimum atomic E-state index is -0.527. The van der Waals surface area contributed by atoms with Crippen LogP contribution in [0.2, 0.25) is 0 Å². The summed E-state index contributed by atoms with van der Waals surface area (Å²) in [4.78, 5) is 21.4. The molecular weight excluding hydrogens is 228 g/mol. The molecule has 0 bridgehead atoms. The van der Waals surface area contributed by atoms with Gasteiger partial charge < -0.3 is 0 Å². The van der Waals surface area contributed by atoms with Gasteiger partial charge in [-0.25, -0.2) is 9.68 Å². The number of para-hydroxylation sites is 1. The van der Waals surface area contributed by atoms with E-state index < -0.39 is 5.97 Å². The predicted molar refractivity (Wildman–Crippen MR) is 71.3 cm³/mol. The van der Waals surface area contributed by atoms with Crippen LogP contribution in [0.4, 0.5) is 0 Å². The second kappa shape index (κ2) is 5.71. The van der Waals surface area contributed by atoms with Crippen LogP contribution in [0.5, 0.6) is 5.75 Å². The summed E-state index contributed by atoms with van der Waals surface area (Å²) in [5.41, 5.74) is 1.30. The van der Waals surface area contributed by atoms with Crippen molar-refractivity contribution in [3.05, 3.63) is 42.0 Å². The molecule has 1 aromatic rings. The summed E-state index contributed by atoms with van der Waals surface area (Å²) in [5.74, 6) is 0.0310. The van der Waals surface area contributed by atoms with Crippen molar-refractivity contribution in [1.82, 2.24) is 0 Å². The number of benzene rings is 1. The van der Waals surface area contributed by atoms with Gasteiger partial charge in [0.2, 0.25) is 0 Å².